The molecule has 0 fully saturated rings. The third-order valence-electron chi connectivity index (χ3n) is 1.51. The second kappa shape index (κ2) is 7.32. The maximum atomic E-state index is 11.3. The molecule has 0 saturated heterocycles. The van der Waals surface area contributed by atoms with Crippen LogP contribution in [-0.4, -0.2) is 60.3 Å². The minimum absolute atomic E-state index is 0. The van der Waals surface area contributed by atoms with E-state index in [4.69, 9.17) is 0 Å². The van der Waals surface area contributed by atoms with Crippen molar-refractivity contribution in [3.05, 3.63) is 30.1 Å². The molecule has 0 aromatic carbocycles. The fraction of sp³-hybridized carbons (Fsp3) is 0.111. The zero-order valence-electron chi connectivity index (χ0n) is 8.58. The SMILES string of the molecule is C/C(=N\N=C(/[O-])c1ccncc1)C(=O)[O-].[Ca+2]. The number of carbonyl (C=O) groups excluding carboxylic acids is 1. The quantitative estimate of drug-likeness (QED) is 0.264. The maximum absolute atomic E-state index is 11.3. The Morgan fingerprint density at radius 1 is 1.25 bits per heavy atom. The minimum atomic E-state index is -1.46. The van der Waals surface area contributed by atoms with E-state index >= 15 is 0 Å². The van der Waals surface area contributed by atoms with Crippen molar-refractivity contribution in [1.82, 2.24) is 4.98 Å². The van der Waals surface area contributed by atoms with Gasteiger partial charge in [-0.2, -0.15) is 10.2 Å². The Hall–Kier alpha value is -0.980. The monoisotopic (exact) mass is 245 g/mol. The van der Waals surface area contributed by atoms with Gasteiger partial charge in [0.1, 0.15) is 0 Å². The van der Waals surface area contributed by atoms with Crippen LogP contribution in [0.3, 0.4) is 0 Å². The first-order chi connectivity index (χ1) is 7.11. The van der Waals surface area contributed by atoms with Crippen LogP contribution in [0.15, 0.2) is 34.7 Å². The van der Waals surface area contributed by atoms with Crippen LogP contribution in [0.1, 0.15) is 12.5 Å². The molecule has 1 heterocycles. The summed E-state index contributed by atoms with van der Waals surface area (Å²) < 4.78 is 0. The number of rotatable bonds is 3. The summed E-state index contributed by atoms with van der Waals surface area (Å²) in [6, 6.07) is 2.91. The van der Waals surface area contributed by atoms with E-state index in [2.05, 4.69) is 15.2 Å². The smallest absolute Gasteiger partial charge is 0.857 e. The molecule has 0 unspecified atom stereocenters. The second-order valence-corrected chi connectivity index (χ2v) is 2.61. The molecule has 78 valence electrons. The van der Waals surface area contributed by atoms with Gasteiger partial charge in [0, 0.05) is 18.3 Å². The van der Waals surface area contributed by atoms with Crippen LogP contribution in [0.2, 0.25) is 0 Å². The molecule has 0 radical (unpaired) electrons. The molecule has 0 aliphatic rings. The van der Waals surface area contributed by atoms with E-state index in [1.54, 1.807) is 0 Å². The number of aliphatic carboxylic acids is 1. The largest absolute Gasteiger partial charge is 2.00 e. The zero-order chi connectivity index (χ0) is 11.3. The number of carbonyl (C=O) groups is 1. The number of nitrogens with zero attached hydrogens (tertiary/aromatic N) is 3. The summed E-state index contributed by atoms with van der Waals surface area (Å²) in [5, 5.41) is 27.9. The molecule has 1 rings (SSSR count). The van der Waals surface area contributed by atoms with Gasteiger partial charge in [0.2, 0.25) is 0 Å². The first-order valence-electron chi connectivity index (χ1n) is 4.02. The van der Waals surface area contributed by atoms with Crippen molar-refractivity contribution in [2.24, 2.45) is 10.2 Å². The predicted molar refractivity (Wildman–Crippen MR) is 54.6 cm³/mol. The molecule has 16 heavy (non-hydrogen) atoms. The summed E-state index contributed by atoms with van der Waals surface area (Å²) in [5.41, 5.74) is -0.0581. The van der Waals surface area contributed by atoms with Crippen LogP contribution in [0.5, 0.6) is 0 Å². The van der Waals surface area contributed by atoms with Crippen molar-refractivity contribution in [3.8, 4) is 0 Å². The van der Waals surface area contributed by atoms with E-state index in [0.717, 1.165) is 0 Å². The Labute approximate surface area is 122 Å². The second-order valence-electron chi connectivity index (χ2n) is 2.61. The van der Waals surface area contributed by atoms with Gasteiger partial charge >= 0.3 is 37.7 Å². The predicted octanol–water partition coefficient (Wildman–Crippen LogP) is -2.07. The van der Waals surface area contributed by atoms with Gasteiger partial charge in [-0.15, -0.1) is 0 Å². The van der Waals surface area contributed by atoms with Crippen molar-refractivity contribution in [1.29, 1.82) is 0 Å². The number of carboxylic acid groups (broad SMARTS) is 1. The average molecular weight is 245 g/mol. The molecule has 6 nitrogen and oxygen atoms in total. The van der Waals surface area contributed by atoms with Crippen molar-refractivity contribution in [2.45, 2.75) is 6.92 Å². The first kappa shape index (κ1) is 15.0. The molecule has 0 atom stereocenters. The van der Waals surface area contributed by atoms with Gasteiger partial charge in [0.05, 0.1) is 11.7 Å². The van der Waals surface area contributed by atoms with Crippen LogP contribution in [0.25, 0.3) is 0 Å². The molecule has 0 bridgehead atoms. The van der Waals surface area contributed by atoms with Crippen molar-refractivity contribution >= 4 is 55.3 Å². The molecular formula is C9H7CaN3O3. The van der Waals surface area contributed by atoms with Gasteiger partial charge in [0.15, 0.2) is 0 Å². The van der Waals surface area contributed by atoms with E-state index in [1.165, 1.54) is 31.5 Å². The molecule has 0 amide bonds. The number of hydrogen-bond donors (Lipinski definition) is 0. The van der Waals surface area contributed by atoms with Crippen LogP contribution < -0.4 is 10.2 Å². The number of carboxylic acids is 1. The molecule has 1 aromatic rings. The van der Waals surface area contributed by atoms with E-state index in [9.17, 15) is 15.0 Å². The molecule has 0 N–H and O–H groups in total. The van der Waals surface area contributed by atoms with Crippen LogP contribution >= 0.6 is 0 Å². The van der Waals surface area contributed by atoms with Gasteiger partial charge in [-0.1, -0.05) is 0 Å². The topological polar surface area (TPSA) is 101 Å². The van der Waals surface area contributed by atoms with E-state index in [0.29, 0.717) is 5.56 Å². The molecule has 0 spiro atoms. The number of pyridine rings is 1. The molecule has 7 heteroatoms. The van der Waals surface area contributed by atoms with E-state index < -0.39 is 11.9 Å². The zero-order valence-corrected chi connectivity index (χ0v) is 10.8. The summed E-state index contributed by atoms with van der Waals surface area (Å²) in [6.07, 6.45) is 2.86. The normalized spacial score (nSPS) is 11.8. The first-order valence-corrected chi connectivity index (χ1v) is 4.02. The fourth-order valence-corrected chi connectivity index (χ4v) is 0.713. The van der Waals surface area contributed by atoms with E-state index in [1.807, 2.05) is 0 Å². The summed E-state index contributed by atoms with van der Waals surface area (Å²) in [4.78, 5) is 13.9. The number of hydrogen-bond acceptors (Lipinski definition) is 6. The summed E-state index contributed by atoms with van der Waals surface area (Å²) >= 11 is 0. The molecule has 0 aliphatic heterocycles. The van der Waals surface area contributed by atoms with Gasteiger partial charge in [-0.3, -0.25) is 4.98 Å². The van der Waals surface area contributed by atoms with E-state index in [-0.39, 0.29) is 43.4 Å². The van der Waals surface area contributed by atoms with Gasteiger partial charge in [0.25, 0.3) is 0 Å². The van der Waals surface area contributed by atoms with Crippen molar-refractivity contribution in [2.75, 3.05) is 0 Å². The molecule has 0 aliphatic carbocycles. The van der Waals surface area contributed by atoms with Crippen LogP contribution in [-0.2, 0) is 4.79 Å². The van der Waals surface area contributed by atoms with Crippen LogP contribution in [0, 0.1) is 0 Å². The standard InChI is InChI=1S/C9H9N3O3.Ca/c1-6(9(14)15)11-12-8(13)7-2-4-10-5-3-7;/h2-5H,1H3,(H,12,13)(H,14,15);/q;+2/p-2/b11-6+;. The van der Waals surface area contributed by atoms with Gasteiger partial charge in [-0.25, -0.2) is 0 Å². The fourth-order valence-electron chi connectivity index (χ4n) is 0.713. The Morgan fingerprint density at radius 3 is 2.31 bits per heavy atom. The summed E-state index contributed by atoms with van der Waals surface area (Å²) in [5.74, 6) is -2.08. The Balaban J connectivity index is 0.00000225. The Bertz CT molecular complexity index is 417. The number of aromatic nitrogens is 1. The van der Waals surface area contributed by atoms with Gasteiger partial charge in [-0.05, 0) is 24.6 Å². The maximum Gasteiger partial charge on any atom is 2.00 e. The third kappa shape index (κ3) is 4.69. The third-order valence-corrected chi connectivity index (χ3v) is 1.51. The van der Waals surface area contributed by atoms with Crippen LogP contribution in [0.4, 0.5) is 0 Å². The van der Waals surface area contributed by atoms with Crippen molar-refractivity contribution < 1.29 is 15.0 Å². The Morgan fingerprint density at radius 2 is 1.81 bits per heavy atom. The van der Waals surface area contributed by atoms with Gasteiger partial charge < -0.3 is 15.0 Å². The Kier molecular flexibility index (Phi) is 6.87. The molecule has 0 saturated carbocycles. The summed E-state index contributed by atoms with van der Waals surface area (Å²) in [6.45, 7) is 1.19. The average Bonchev–Trinajstić information content (AvgIpc) is 2.26. The summed E-state index contributed by atoms with van der Waals surface area (Å²) in [7, 11) is 0. The molecule has 1 aromatic heterocycles. The van der Waals surface area contributed by atoms with Crippen molar-refractivity contribution in [3.63, 3.8) is 0 Å². The minimum Gasteiger partial charge on any atom is -0.857 e. The molecular weight excluding hydrogens is 238 g/mol.